The maximum atomic E-state index is 13.0. The quantitative estimate of drug-likeness (QED) is 0.895. The van der Waals surface area contributed by atoms with E-state index in [-0.39, 0.29) is 10.7 Å². The van der Waals surface area contributed by atoms with Gasteiger partial charge in [-0.2, -0.15) is 5.10 Å². The molecule has 1 heterocycles. The van der Waals surface area contributed by atoms with Crippen molar-refractivity contribution < 1.29 is 17.2 Å². The number of nitrogens with zero attached hydrogens (tertiary/aromatic N) is 1. The Kier molecular flexibility index (Phi) is 3.04. The van der Waals surface area contributed by atoms with E-state index in [1.807, 2.05) is 0 Å². The molecule has 0 aliphatic rings. The highest BCUT2D eigenvalue weighted by Gasteiger charge is 2.17. The molecule has 0 unspecified atom stereocenters. The van der Waals surface area contributed by atoms with Gasteiger partial charge in [-0.05, 0) is 25.1 Å². The lowest BCUT2D eigenvalue weighted by molar-refractivity contribution is 0.504. The number of halogens is 2. The molecule has 18 heavy (non-hydrogen) atoms. The molecule has 0 radical (unpaired) electrons. The molecule has 96 valence electrons. The third-order valence-electron chi connectivity index (χ3n) is 2.15. The van der Waals surface area contributed by atoms with Gasteiger partial charge in [0.15, 0.2) is 17.5 Å². The number of benzene rings is 1. The fourth-order valence-corrected chi connectivity index (χ4v) is 2.31. The average molecular weight is 273 g/mol. The number of aryl methyl sites for hydroxylation is 1. The fraction of sp³-hybridized carbons (Fsp3) is 0.100. The van der Waals surface area contributed by atoms with Crippen molar-refractivity contribution in [2.24, 2.45) is 0 Å². The Morgan fingerprint density at radius 3 is 2.50 bits per heavy atom. The highest BCUT2D eigenvalue weighted by Crippen LogP contribution is 2.17. The number of aromatic nitrogens is 2. The minimum absolute atomic E-state index is 0.0808. The molecular weight excluding hydrogens is 264 g/mol. The monoisotopic (exact) mass is 273 g/mol. The molecule has 2 rings (SSSR count). The number of hydrogen-bond acceptors (Lipinski definition) is 3. The summed E-state index contributed by atoms with van der Waals surface area (Å²) in [5.41, 5.74) is 0.665. The molecule has 0 amide bonds. The van der Waals surface area contributed by atoms with Crippen molar-refractivity contribution in [3.8, 4) is 0 Å². The molecule has 0 aliphatic heterocycles. The van der Waals surface area contributed by atoms with E-state index in [2.05, 4.69) is 14.9 Å². The first-order valence-corrected chi connectivity index (χ1v) is 6.37. The minimum atomic E-state index is -3.98. The predicted octanol–water partition coefficient (Wildman–Crippen LogP) is 1.80. The van der Waals surface area contributed by atoms with Crippen LogP contribution in [0.1, 0.15) is 5.69 Å². The van der Waals surface area contributed by atoms with E-state index >= 15 is 0 Å². The highest BCUT2D eigenvalue weighted by molar-refractivity contribution is 7.92. The lowest BCUT2D eigenvalue weighted by atomic mass is 10.3. The second-order valence-electron chi connectivity index (χ2n) is 3.62. The molecule has 2 aromatic rings. The molecule has 0 atom stereocenters. The van der Waals surface area contributed by atoms with Crippen molar-refractivity contribution in [1.29, 1.82) is 0 Å². The molecule has 8 heteroatoms. The summed E-state index contributed by atoms with van der Waals surface area (Å²) < 4.78 is 51.5. The standard InChI is InChI=1S/C10H9F2N3O2S/c1-6-4-10(14-13-6)15-18(16,17)7-2-3-8(11)9(12)5-7/h2-5H,1H3,(H2,13,14,15). The summed E-state index contributed by atoms with van der Waals surface area (Å²) in [5, 5.41) is 6.24. The molecule has 0 spiro atoms. The van der Waals surface area contributed by atoms with Gasteiger partial charge in [-0.25, -0.2) is 17.2 Å². The molecule has 2 N–H and O–H groups in total. The van der Waals surface area contributed by atoms with Crippen LogP contribution < -0.4 is 4.72 Å². The van der Waals surface area contributed by atoms with E-state index in [0.717, 1.165) is 12.1 Å². The van der Waals surface area contributed by atoms with Gasteiger partial charge in [-0.1, -0.05) is 0 Å². The van der Waals surface area contributed by atoms with E-state index in [4.69, 9.17) is 0 Å². The van der Waals surface area contributed by atoms with Crippen LogP contribution >= 0.6 is 0 Å². The molecule has 0 saturated carbocycles. The summed E-state index contributed by atoms with van der Waals surface area (Å²) in [7, 11) is -3.98. The van der Waals surface area contributed by atoms with E-state index in [1.54, 1.807) is 6.92 Å². The third-order valence-corrected chi connectivity index (χ3v) is 3.50. The minimum Gasteiger partial charge on any atom is -0.281 e. The maximum Gasteiger partial charge on any atom is 0.263 e. The van der Waals surface area contributed by atoms with Crippen LogP contribution in [0.5, 0.6) is 0 Å². The Morgan fingerprint density at radius 1 is 1.22 bits per heavy atom. The van der Waals surface area contributed by atoms with Crippen molar-refractivity contribution in [2.45, 2.75) is 11.8 Å². The number of rotatable bonds is 3. The van der Waals surface area contributed by atoms with Crippen molar-refractivity contribution >= 4 is 15.8 Å². The van der Waals surface area contributed by atoms with E-state index in [1.165, 1.54) is 6.07 Å². The lowest BCUT2D eigenvalue weighted by Gasteiger charge is -2.05. The molecule has 1 aromatic carbocycles. The molecule has 0 bridgehead atoms. The summed E-state index contributed by atoms with van der Waals surface area (Å²) in [4.78, 5) is -0.373. The van der Waals surface area contributed by atoms with Gasteiger partial charge in [0.2, 0.25) is 0 Å². The first kappa shape index (κ1) is 12.5. The number of nitrogens with one attached hydrogen (secondary N) is 2. The van der Waals surface area contributed by atoms with Crippen LogP contribution in [0.15, 0.2) is 29.2 Å². The second kappa shape index (κ2) is 4.37. The summed E-state index contributed by atoms with van der Waals surface area (Å²) >= 11 is 0. The van der Waals surface area contributed by atoms with Crippen LogP contribution in [0.25, 0.3) is 0 Å². The second-order valence-corrected chi connectivity index (χ2v) is 5.30. The van der Waals surface area contributed by atoms with Crippen molar-refractivity contribution in [2.75, 3.05) is 4.72 Å². The third kappa shape index (κ3) is 2.48. The van der Waals surface area contributed by atoms with Gasteiger partial charge in [0.05, 0.1) is 4.90 Å². The highest BCUT2D eigenvalue weighted by atomic mass is 32.2. The molecule has 5 nitrogen and oxygen atoms in total. The molecule has 0 aliphatic carbocycles. The van der Waals surface area contributed by atoms with Crippen LogP contribution in [-0.2, 0) is 10.0 Å². The van der Waals surface area contributed by atoms with Crippen LogP contribution in [0.4, 0.5) is 14.6 Å². The molecular formula is C10H9F2N3O2S. The smallest absolute Gasteiger partial charge is 0.263 e. The Labute approximate surface area is 102 Å². The zero-order valence-electron chi connectivity index (χ0n) is 9.24. The molecule has 0 fully saturated rings. The summed E-state index contributed by atoms with van der Waals surface area (Å²) in [6.07, 6.45) is 0. The first-order valence-electron chi connectivity index (χ1n) is 4.88. The fourth-order valence-electron chi connectivity index (χ4n) is 1.31. The Morgan fingerprint density at radius 2 is 1.94 bits per heavy atom. The normalized spacial score (nSPS) is 11.5. The van der Waals surface area contributed by atoms with Crippen molar-refractivity contribution in [3.63, 3.8) is 0 Å². The van der Waals surface area contributed by atoms with Crippen LogP contribution in [0, 0.1) is 18.6 Å². The van der Waals surface area contributed by atoms with E-state index in [9.17, 15) is 17.2 Å². The van der Waals surface area contributed by atoms with Crippen LogP contribution in [0.2, 0.25) is 0 Å². The number of sulfonamides is 1. The van der Waals surface area contributed by atoms with Crippen molar-refractivity contribution in [3.05, 3.63) is 41.6 Å². The SMILES string of the molecule is Cc1cc(NS(=O)(=O)c2ccc(F)c(F)c2)n[nH]1. The Balaban J connectivity index is 2.33. The Hall–Kier alpha value is -1.96. The zero-order valence-corrected chi connectivity index (χ0v) is 10.1. The first-order chi connectivity index (χ1) is 8.38. The van der Waals surface area contributed by atoms with Gasteiger partial charge in [-0.15, -0.1) is 0 Å². The molecule has 1 aromatic heterocycles. The van der Waals surface area contributed by atoms with Gasteiger partial charge >= 0.3 is 0 Å². The van der Waals surface area contributed by atoms with Gasteiger partial charge in [0.1, 0.15) is 0 Å². The number of aromatic amines is 1. The largest absolute Gasteiger partial charge is 0.281 e. The van der Waals surface area contributed by atoms with Gasteiger partial charge in [-0.3, -0.25) is 9.82 Å². The zero-order chi connectivity index (χ0) is 13.3. The lowest BCUT2D eigenvalue weighted by Crippen LogP contribution is -2.13. The topological polar surface area (TPSA) is 74.8 Å². The summed E-state index contributed by atoms with van der Waals surface area (Å²) in [5.74, 6) is -2.25. The molecule has 0 saturated heterocycles. The predicted molar refractivity (Wildman–Crippen MR) is 60.5 cm³/mol. The van der Waals surface area contributed by atoms with Gasteiger partial charge in [0, 0.05) is 11.8 Å². The van der Waals surface area contributed by atoms with E-state index in [0.29, 0.717) is 11.8 Å². The summed E-state index contributed by atoms with van der Waals surface area (Å²) in [6, 6.07) is 3.80. The van der Waals surface area contributed by atoms with E-state index < -0.39 is 21.7 Å². The van der Waals surface area contributed by atoms with Gasteiger partial charge in [0.25, 0.3) is 10.0 Å². The van der Waals surface area contributed by atoms with Crippen molar-refractivity contribution in [1.82, 2.24) is 10.2 Å². The maximum absolute atomic E-state index is 13.0. The van der Waals surface area contributed by atoms with Crippen LogP contribution in [0.3, 0.4) is 0 Å². The summed E-state index contributed by atoms with van der Waals surface area (Å²) in [6.45, 7) is 1.70. The Bertz CT molecular complexity index is 682. The number of hydrogen-bond donors (Lipinski definition) is 2. The van der Waals surface area contributed by atoms with Gasteiger partial charge < -0.3 is 0 Å². The average Bonchev–Trinajstić information content (AvgIpc) is 2.67. The van der Waals surface area contributed by atoms with Crippen LogP contribution in [-0.4, -0.2) is 18.6 Å². The number of H-pyrrole nitrogens is 1. The number of anilines is 1.